The Morgan fingerprint density at radius 3 is 3.00 bits per heavy atom. The molecule has 0 fully saturated rings. The Labute approximate surface area is 96.1 Å². The van der Waals surface area contributed by atoms with E-state index in [4.69, 9.17) is 16.7 Å². The van der Waals surface area contributed by atoms with Gasteiger partial charge in [-0.3, -0.25) is 4.79 Å². The Morgan fingerprint density at radius 2 is 2.47 bits per heavy atom. The Hall–Kier alpha value is -1.25. The van der Waals surface area contributed by atoms with Crippen LogP contribution in [0.3, 0.4) is 0 Å². The van der Waals surface area contributed by atoms with Crippen LogP contribution in [0.4, 0.5) is 0 Å². The average Bonchev–Trinajstić information content (AvgIpc) is 2.20. The highest BCUT2D eigenvalue weighted by molar-refractivity contribution is 7.98. The lowest BCUT2D eigenvalue weighted by molar-refractivity contribution is -0.135. The lowest BCUT2D eigenvalue weighted by atomic mass is 10.3. The molecule has 0 atom stereocenters. The Balaban J connectivity index is 2.85. The zero-order valence-corrected chi connectivity index (χ0v) is 9.39. The third-order valence-electron chi connectivity index (χ3n) is 1.37. The molecule has 0 amide bonds. The third kappa shape index (κ3) is 3.78. The van der Waals surface area contributed by atoms with E-state index in [-0.39, 0.29) is 11.6 Å². The van der Waals surface area contributed by atoms with Gasteiger partial charge < -0.3 is 5.11 Å². The second kappa shape index (κ2) is 5.59. The molecule has 0 bridgehead atoms. The molecule has 1 aromatic rings. The zero-order valence-electron chi connectivity index (χ0n) is 7.82. The molecule has 0 radical (unpaired) electrons. The smallest absolute Gasteiger partial charge is 0.315 e. The fraction of sp³-hybridized carbons (Fsp3) is 0.222. The van der Waals surface area contributed by atoms with Crippen LogP contribution in [0.2, 0.25) is 5.15 Å². The van der Waals surface area contributed by atoms with E-state index in [0.717, 1.165) is 0 Å². The second-order valence-corrected chi connectivity index (χ2v) is 3.56. The van der Waals surface area contributed by atoms with E-state index in [1.54, 1.807) is 0 Å². The standard InChI is InChI=1S/C9H7ClN2O2S/c1-15-9-11-5-6(8(10)12-9)3-2-4-7(13)14/h5H,4H2,1H3,(H,13,14). The van der Waals surface area contributed by atoms with E-state index in [1.807, 2.05) is 6.26 Å². The summed E-state index contributed by atoms with van der Waals surface area (Å²) in [5.74, 6) is 4.09. The maximum absolute atomic E-state index is 10.2. The van der Waals surface area contributed by atoms with Crippen molar-refractivity contribution < 1.29 is 9.90 Å². The minimum Gasteiger partial charge on any atom is -0.481 e. The summed E-state index contributed by atoms with van der Waals surface area (Å²) in [6, 6.07) is 0. The van der Waals surface area contributed by atoms with Crippen molar-refractivity contribution in [1.82, 2.24) is 9.97 Å². The van der Waals surface area contributed by atoms with Gasteiger partial charge in [-0.05, 0) is 6.26 Å². The first kappa shape index (κ1) is 11.8. The number of carboxylic acid groups (broad SMARTS) is 1. The van der Waals surface area contributed by atoms with Gasteiger partial charge in [0.25, 0.3) is 0 Å². The van der Waals surface area contributed by atoms with E-state index in [9.17, 15) is 4.79 Å². The van der Waals surface area contributed by atoms with Crippen molar-refractivity contribution in [2.75, 3.05) is 6.26 Å². The van der Waals surface area contributed by atoms with Gasteiger partial charge in [0.1, 0.15) is 11.6 Å². The van der Waals surface area contributed by atoms with Crippen LogP contribution in [0.15, 0.2) is 11.4 Å². The van der Waals surface area contributed by atoms with E-state index < -0.39 is 5.97 Å². The van der Waals surface area contributed by atoms with E-state index in [0.29, 0.717) is 10.7 Å². The Kier molecular flexibility index (Phi) is 4.40. The van der Waals surface area contributed by atoms with E-state index in [1.165, 1.54) is 18.0 Å². The van der Waals surface area contributed by atoms with E-state index in [2.05, 4.69) is 21.8 Å². The Morgan fingerprint density at radius 1 is 1.73 bits per heavy atom. The summed E-state index contributed by atoms with van der Waals surface area (Å²) >= 11 is 7.18. The molecule has 15 heavy (non-hydrogen) atoms. The van der Waals surface area contributed by atoms with Crippen LogP contribution in [0, 0.1) is 11.8 Å². The first-order chi connectivity index (χ1) is 7.13. The molecule has 0 aromatic carbocycles. The molecule has 6 heteroatoms. The number of aliphatic carboxylic acids is 1. The van der Waals surface area contributed by atoms with Crippen molar-refractivity contribution in [2.24, 2.45) is 0 Å². The summed E-state index contributed by atoms with van der Waals surface area (Å²) in [7, 11) is 0. The van der Waals surface area contributed by atoms with Gasteiger partial charge in [-0.25, -0.2) is 9.97 Å². The van der Waals surface area contributed by atoms with Crippen molar-refractivity contribution >= 4 is 29.3 Å². The highest BCUT2D eigenvalue weighted by Gasteiger charge is 2.01. The first-order valence-electron chi connectivity index (χ1n) is 3.90. The van der Waals surface area contributed by atoms with Crippen LogP contribution in [-0.2, 0) is 4.79 Å². The molecule has 0 aliphatic heterocycles. The molecule has 0 saturated carbocycles. The molecule has 0 unspecified atom stereocenters. The van der Waals surface area contributed by atoms with Gasteiger partial charge >= 0.3 is 5.97 Å². The molecule has 0 aliphatic rings. The van der Waals surface area contributed by atoms with Crippen molar-refractivity contribution in [3.05, 3.63) is 16.9 Å². The molecule has 4 nitrogen and oxygen atoms in total. The summed E-state index contributed by atoms with van der Waals surface area (Å²) in [5.41, 5.74) is 0.440. The molecular formula is C9H7ClN2O2S. The lowest BCUT2D eigenvalue weighted by Gasteiger charge is -1.96. The highest BCUT2D eigenvalue weighted by atomic mass is 35.5. The van der Waals surface area contributed by atoms with Crippen LogP contribution in [0.1, 0.15) is 12.0 Å². The normalized spacial score (nSPS) is 9.20. The van der Waals surface area contributed by atoms with Crippen molar-refractivity contribution in [3.8, 4) is 11.8 Å². The molecule has 0 spiro atoms. The van der Waals surface area contributed by atoms with Crippen LogP contribution in [0.25, 0.3) is 0 Å². The number of halogens is 1. The predicted molar refractivity (Wildman–Crippen MR) is 58.0 cm³/mol. The molecule has 1 aromatic heterocycles. The van der Waals surface area contributed by atoms with Gasteiger partial charge in [0.15, 0.2) is 5.16 Å². The van der Waals surface area contributed by atoms with Gasteiger partial charge in [-0.15, -0.1) is 0 Å². The van der Waals surface area contributed by atoms with Crippen molar-refractivity contribution in [2.45, 2.75) is 11.6 Å². The lowest BCUT2D eigenvalue weighted by Crippen LogP contribution is -1.92. The molecule has 1 heterocycles. The van der Waals surface area contributed by atoms with Crippen LogP contribution < -0.4 is 0 Å². The summed E-state index contributed by atoms with van der Waals surface area (Å²) in [6.07, 6.45) is 3.10. The number of carbonyl (C=O) groups is 1. The number of hydrogen-bond donors (Lipinski definition) is 1. The number of hydrogen-bond acceptors (Lipinski definition) is 4. The maximum atomic E-state index is 10.2. The molecule has 0 aliphatic carbocycles. The van der Waals surface area contributed by atoms with Crippen LogP contribution >= 0.6 is 23.4 Å². The van der Waals surface area contributed by atoms with Crippen molar-refractivity contribution in [3.63, 3.8) is 0 Å². The summed E-state index contributed by atoms with van der Waals surface area (Å²) in [4.78, 5) is 18.1. The zero-order chi connectivity index (χ0) is 11.3. The monoisotopic (exact) mass is 242 g/mol. The quantitative estimate of drug-likeness (QED) is 0.370. The maximum Gasteiger partial charge on any atom is 0.315 e. The third-order valence-corrected chi connectivity index (χ3v) is 2.22. The van der Waals surface area contributed by atoms with Gasteiger partial charge in [0, 0.05) is 6.20 Å². The molecular weight excluding hydrogens is 236 g/mol. The van der Waals surface area contributed by atoms with Gasteiger partial charge in [0.2, 0.25) is 0 Å². The molecule has 0 saturated heterocycles. The predicted octanol–water partition coefficient (Wildman–Crippen LogP) is 1.68. The van der Waals surface area contributed by atoms with Gasteiger partial charge in [0.05, 0.1) is 5.56 Å². The SMILES string of the molecule is CSc1ncc(C#CCC(=O)O)c(Cl)n1. The van der Waals surface area contributed by atoms with E-state index >= 15 is 0 Å². The first-order valence-corrected chi connectivity index (χ1v) is 5.51. The van der Waals surface area contributed by atoms with Gasteiger partial charge in [-0.1, -0.05) is 35.2 Å². The average molecular weight is 243 g/mol. The number of aromatic nitrogens is 2. The van der Waals surface area contributed by atoms with Crippen LogP contribution in [-0.4, -0.2) is 27.3 Å². The van der Waals surface area contributed by atoms with Crippen LogP contribution in [0.5, 0.6) is 0 Å². The Bertz CT molecular complexity index is 439. The number of nitrogens with zero attached hydrogens (tertiary/aromatic N) is 2. The fourth-order valence-corrected chi connectivity index (χ4v) is 1.31. The summed E-state index contributed by atoms with van der Waals surface area (Å²) in [6.45, 7) is 0. The molecule has 1 rings (SSSR count). The number of rotatable bonds is 2. The molecule has 1 N–H and O–H groups in total. The minimum atomic E-state index is -0.972. The summed E-state index contributed by atoms with van der Waals surface area (Å²) in [5, 5.41) is 9.17. The molecule has 78 valence electrons. The highest BCUT2D eigenvalue weighted by Crippen LogP contribution is 2.15. The number of carboxylic acids is 1. The largest absolute Gasteiger partial charge is 0.481 e. The van der Waals surface area contributed by atoms with Gasteiger partial charge in [-0.2, -0.15) is 0 Å². The number of thioether (sulfide) groups is 1. The summed E-state index contributed by atoms with van der Waals surface area (Å²) < 4.78 is 0. The van der Waals surface area contributed by atoms with Crippen molar-refractivity contribution in [1.29, 1.82) is 0 Å². The second-order valence-electron chi connectivity index (χ2n) is 2.43. The fourth-order valence-electron chi connectivity index (χ4n) is 0.743. The minimum absolute atomic E-state index is 0.222. The topological polar surface area (TPSA) is 63.1 Å².